The lowest BCUT2D eigenvalue weighted by Gasteiger charge is -2.40. The summed E-state index contributed by atoms with van der Waals surface area (Å²) >= 11 is 0. The molecule has 0 N–H and O–H groups in total. The van der Waals surface area contributed by atoms with Gasteiger partial charge in [-0.3, -0.25) is 0 Å². The van der Waals surface area contributed by atoms with Gasteiger partial charge in [-0.2, -0.15) is 0 Å². The van der Waals surface area contributed by atoms with Crippen LogP contribution in [0.5, 0.6) is 0 Å². The first-order valence-electron chi connectivity index (χ1n) is 7.23. The van der Waals surface area contributed by atoms with Crippen LogP contribution in [0.15, 0.2) is 85.2 Å². The molecule has 1 nitrogen and oxygen atoms in total. The minimum atomic E-state index is -1.96. The van der Waals surface area contributed by atoms with E-state index in [2.05, 4.69) is 103 Å². The predicted octanol–water partition coefficient (Wildman–Crippen LogP) is 2.48. The Balaban J connectivity index is 2.60. The predicted molar refractivity (Wildman–Crippen MR) is 99.1 cm³/mol. The van der Waals surface area contributed by atoms with Crippen molar-refractivity contribution < 1.29 is 0 Å². The summed E-state index contributed by atoms with van der Waals surface area (Å²) in [5.74, 6) is 0. The lowest BCUT2D eigenvalue weighted by molar-refractivity contribution is 0.810. The smallest absolute Gasteiger partial charge is 0.182 e. The molecule has 0 aliphatic heterocycles. The van der Waals surface area contributed by atoms with Crippen molar-refractivity contribution >= 4 is 27.6 Å². The summed E-state index contributed by atoms with van der Waals surface area (Å²) in [5, 5.41) is 2.86. The van der Waals surface area contributed by atoms with Crippen LogP contribution in [0, 0.1) is 0 Å². The summed E-state index contributed by atoms with van der Waals surface area (Å²) in [4.78, 5) is 0. The van der Waals surface area contributed by atoms with Crippen molar-refractivity contribution in [2.24, 2.45) is 0 Å². The highest BCUT2D eigenvalue weighted by molar-refractivity contribution is 7.04. The summed E-state index contributed by atoms with van der Waals surface area (Å²) in [5.41, 5.74) is 4.20. The number of nitrogens with zero attached hydrogens (tertiary/aromatic N) is 1. The zero-order chi connectivity index (χ0) is 15.3. The molecule has 0 amide bonds. The van der Waals surface area contributed by atoms with Crippen molar-refractivity contribution in [3.63, 3.8) is 0 Å². The third-order valence-corrected chi connectivity index (χ3v) is 12.9. The Labute approximate surface area is 131 Å². The van der Waals surface area contributed by atoms with Crippen LogP contribution in [0.25, 0.3) is 0 Å². The quantitative estimate of drug-likeness (QED) is 0.741. The average molecular weight is 310 g/mol. The van der Waals surface area contributed by atoms with Crippen LogP contribution in [-0.4, -0.2) is 28.5 Å². The fourth-order valence-electron chi connectivity index (χ4n) is 2.81. The summed E-state index contributed by atoms with van der Waals surface area (Å²) in [6.07, 6.45) is 0. The minimum absolute atomic E-state index is 1.33. The van der Waals surface area contributed by atoms with Crippen LogP contribution in [-0.2, 0) is 0 Å². The van der Waals surface area contributed by atoms with Crippen molar-refractivity contribution in [1.82, 2.24) is 4.23 Å². The molecule has 0 bridgehead atoms. The van der Waals surface area contributed by atoms with E-state index in [0.29, 0.717) is 0 Å². The Bertz CT molecular complexity index is 548. The van der Waals surface area contributed by atoms with E-state index in [9.17, 15) is 0 Å². The highest BCUT2D eigenvalue weighted by Gasteiger charge is 2.38. The third-order valence-electron chi connectivity index (χ3n) is 4.31. The van der Waals surface area contributed by atoms with Gasteiger partial charge in [-0.25, -0.2) is 0 Å². The topological polar surface area (TPSA) is 3.24 Å². The molecule has 0 atom stereocenters. The molecule has 0 aliphatic carbocycles. The van der Waals surface area contributed by atoms with E-state index in [0.717, 1.165) is 0 Å². The molecule has 2 aromatic rings. The van der Waals surface area contributed by atoms with Crippen molar-refractivity contribution in [2.45, 2.75) is 6.55 Å². The molecule has 0 aromatic heterocycles. The molecule has 108 valence electrons. The van der Waals surface area contributed by atoms with Crippen LogP contribution < -0.4 is 10.4 Å². The van der Waals surface area contributed by atoms with Gasteiger partial charge in [-0.1, -0.05) is 72.1 Å². The molecular weight excluding hydrogens is 286 g/mol. The van der Waals surface area contributed by atoms with Gasteiger partial charge in [0.15, 0.2) is 17.2 Å². The molecule has 0 unspecified atom stereocenters. The standard InChI is InChI=1S/C18H23NSi2/c1-5-20(6-2)19(3)21(4,17-13-9-7-10-14-17)18-15-11-8-12-16-18/h5-16,20H,1-2H2,3-4H3. The maximum absolute atomic E-state index is 4.02. The maximum Gasteiger partial charge on any atom is 0.182 e. The molecular formula is C18H23NSi2. The lowest BCUT2D eigenvalue weighted by Crippen LogP contribution is -2.69. The van der Waals surface area contributed by atoms with Gasteiger partial charge >= 0.3 is 0 Å². The highest BCUT2D eigenvalue weighted by atomic mass is 28.4. The molecule has 0 aliphatic rings. The zero-order valence-electron chi connectivity index (χ0n) is 12.9. The van der Waals surface area contributed by atoms with E-state index < -0.39 is 17.2 Å². The molecule has 21 heavy (non-hydrogen) atoms. The second-order valence-corrected chi connectivity index (χ2v) is 12.6. The zero-order valence-corrected chi connectivity index (χ0v) is 15.0. The number of benzene rings is 2. The molecule has 3 heteroatoms. The second-order valence-electron chi connectivity index (χ2n) is 5.38. The summed E-state index contributed by atoms with van der Waals surface area (Å²) in [6, 6.07) is 21.7. The third kappa shape index (κ3) is 3.00. The van der Waals surface area contributed by atoms with Gasteiger partial charge in [0.25, 0.3) is 0 Å². The Kier molecular flexibility index (Phi) is 5.12. The summed E-state index contributed by atoms with van der Waals surface area (Å²) < 4.78 is 2.58. The van der Waals surface area contributed by atoms with Gasteiger partial charge in [-0.15, -0.1) is 13.2 Å². The monoisotopic (exact) mass is 309 g/mol. The van der Waals surface area contributed by atoms with Gasteiger partial charge in [0.05, 0.1) is 0 Å². The molecule has 0 saturated heterocycles. The van der Waals surface area contributed by atoms with Gasteiger partial charge in [-0.05, 0) is 24.0 Å². The first-order chi connectivity index (χ1) is 10.1. The fraction of sp³-hybridized carbons (Fsp3) is 0.111. The molecule has 0 heterocycles. The Morgan fingerprint density at radius 3 is 1.57 bits per heavy atom. The normalized spacial score (nSPS) is 11.6. The average Bonchev–Trinajstić information content (AvgIpc) is 2.56. The van der Waals surface area contributed by atoms with E-state index >= 15 is 0 Å². The number of hydrogen-bond acceptors (Lipinski definition) is 1. The van der Waals surface area contributed by atoms with Crippen LogP contribution in [0.2, 0.25) is 6.55 Å². The molecule has 0 saturated carbocycles. The van der Waals surface area contributed by atoms with Crippen molar-refractivity contribution in [1.29, 1.82) is 0 Å². The lowest BCUT2D eigenvalue weighted by atomic mass is 10.4. The maximum atomic E-state index is 4.02. The molecule has 2 rings (SSSR count). The van der Waals surface area contributed by atoms with Crippen LogP contribution in [0.1, 0.15) is 0 Å². The van der Waals surface area contributed by atoms with Gasteiger partial charge < -0.3 is 4.23 Å². The van der Waals surface area contributed by atoms with Gasteiger partial charge in [0, 0.05) is 0 Å². The van der Waals surface area contributed by atoms with Crippen molar-refractivity contribution in [3.05, 3.63) is 85.2 Å². The van der Waals surface area contributed by atoms with Crippen LogP contribution >= 0.6 is 0 Å². The minimum Gasteiger partial charge on any atom is -0.337 e. The van der Waals surface area contributed by atoms with Gasteiger partial charge in [0.2, 0.25) is 0 Å². The number of hydrogen-bond donors (Lipinski definition) is 0. The van der Waals surface area contributed by atoms with E-state index in [1.54, 1.807) is 0 Å². The summed E-state index contributed by atoms with van der Waals surface area (Å²) in [7, 11) is -1.04. The first kappa shape index (κ1) is 15.7. The molecule has 0 spiro atoms. The summed E-state index contributed by atoms with van der Waals surface area (Å²) in [6.45, 7) is 10.5. The molecule has 2 aromatic carbocycles. The Morgan fingerprint density at radius 2 is 1.24 bits per heavy atom. The Hall–Kier alpha value is -1.69. The molecule has 0 radical (unpaired) electrons. The van der Waals surface area contributed by atoms with E-state index in [4.69, 9.17) is 0 Å². The van der Waals surface area contributed by atoms with E-state index in [1.807, 2.05) is 0 Å². The molecule has 0 fully saturated rings. The van der Waals surface area contributed by atoms with Crippen LogP contribution in [0.4, 0.5) is 0 Å². The SMILES string of the molecule is C=C[SiH](C=C)N(C)[Si](C)(c1ccccc1)c1ccccc1. The largest absolute Gasteiger partial charge is 0.337 e. The van der Waals surface area contributed by atoms with Crippen molar-refractivity contribution in [2.75, 3.05) is 7.05 Å². The number of rotatable bonds is 6. The van der Waals surface area contributed by atoms with E-state index in [-0.39, 0.29) is 0 Å². The van der Waals surface area contributed by atoms with E-state index in [1.165, 1.54) is 10.4 Å². The van der Waals surface area contributed by atoms with Crippen molar-refractivity contribution in [3.8, 4) is 0 Å². The highest BCUT2D eigenvalue weighted by Crippen LogP contribution is 2.12. The van der Waals surface area contributed by atoms with Crippen LogP contribution in [0.3, 0.4) is 0 Å². The first-order valence-corrected chi connectivity index (χ1v) is 11.5. The fourth-order valence-corrected chi connectivity index (χ4v) is 10.4. The van der Waals surface area contributed by atoms with Gasteiger partial charge in [0.1, 0.15) is 0 Å². The Morgan fingerprint density at radius 1 is 0.857 bits per heavy atom. The second kappa shape index (κ2) is 6.85.